The first-order valence-corrected chi connectivity index (χ1v) is 8.99. The predicted molar refractivity (Wildman–Crippen MR) is 98.3 cm³/mol. The van der Waals surface area contributed by atoms with Crippen molar-refractivity contribution in [1.29, 1.82) is 0 Å². The lowest BCUT2D eigenvalue weighted by molar-refractivity contribution is 0.0359. The Balaban J connectivity index is 1.56. The summed E-state index contributed by atoms with van der Waals surface area (Å²) in [6.07, 6.45) is 4.89. The number of benzene rings is 1. The number of nitrogens with zero attached hydrogens (tertiary/aromatic N) is 3. The normalized spacial score (nSPS) is 15.6. The van der Waals surface area contributed by atoms with Crippen LogP contribution in [-0.2, 0) is 17.8 Å². The molecular weight excluding hydrogens is 314 g/mol. The summed E-state index contributed by atoms with van der Waals surface area (Å²) in [6, 6.07) is 11.6. The quantitative estimate of drug-likeness (QED) is 0.799. The highest BCUT2D eigenvalue weighted by molar-refractivity contribution is 5.25. The highest BCUT2D eigenvalue weighted by Gasteiger charge is 2.12. The van der Waals surface area contributed by atoms with Gasteiger partial charge < -0.3 is 9.84 Å². The molecule has 0 aliphatic carbocycles. The minimum Gasteiger partial charge on any atom is -0.508 e. The van der Waals surface area contributed by atoms with Crippen molar-refractivity contribution in [1.82, 2.24) is 14.8 Å². The molecule has 1 aromatic heterocycles. The van der Waals surface area contributed by atoms with Gasteiger partial charge in [-0.1, -0.05) is 18.2 Å². The Morgan fingerprint density at radius 3 is 2.52 bits per heavy atom. The third-order valence-electron chi connectivity index (χ3n) is 4.52. The summed E-state index contributed by atoms with van der Waals surface area (Å²) in [5.74, 6) is 0.315. The maximum atomic E-state index is 9.47. The van der Waals surface area contributed by atoms with Crippen molar-refractivity contribution < 1.29 is 9.84 Å². The minimum absolute atomic E-state index is 0.315. The number of aromatic hydroxyl groups is 1. The fraction of sp³-hybridized carbons (Fsp3) is 0.450. The molecule has 0 saturated carbocycles. The van der Waals surface area contributed by atoms with Gasteiger partial charge in [0, 0.05) is 45.1 Å². The second-order valence-corrected chi connectivity index (χ2v) is 6.55. The van der Waals surface area contributed by atoms with Crippen molar-refractivity contribution in [3.05, 3.63) is 59.9 Å². The fourth-order valence-electron chi connectivity index (χ4n) is 3.17. The molecule has 2 aromatic rings. The van der Waals surface area contributed by atoms with Gasteiger partial charge in [0.15, 0.2) is 0 Å². The van der Waals surface area contributed by atoms with Crippen LogP contribution in [-0.4, -0.2) is 59.3 Å². The molecule has 1 aliphatic rings. The van der Waals surface area contributed by atoms with Gasteiger partial charge in [-0.3, -0.25) is 14.8 Å². The number of hydrogen-bond acceptors (Lipinski definition) is 5. The zero-order valence-corrected chi connectivity index (χ0v) is 14.7. The molecule has 1 saturated heterocycles. The number of pyridine rings is 1. The third kappa shape index (κ3) is 6.12. The molecule has 0 atom stereocenters. The smallest absolute Gasteiger partial charge is 0.115 e. The molecule has 3 rings (SSSR count). The van der Waals surface area contributed by atoms with Crippen molar-refractivity contribution in [3.63, 3.8) is 0 Å². The van der Waals surface area contributed by atoms with Gasteiger partial charge in [-0.05, 0) is 42.3 Å². The molecule has 1 aliphatic heterocycles. The van der Waals surface area contributed by atoms with Crippen molar-refractivity contribution >= 4 is 0 Å². The lowest BCUT2D eigenvalue weighted by atomic mass is 10.1. The highest BCUT2D eigenvalue weighted by Crippen LogP contribution is 2.14. The van der Waals surface area contributed by atoms with E-state index >= 15 is 0 Å². The molecule has 2 heterocycles. The third-order valence-corrected chi connectivity index (χ3v) is 4.52. The summed E-state index contributed by atoms with van der Waals surface area (Å²) in [4.78, 5) is 9.15. The number of morpholine rings is 1. The topological polar surface area (TPSA) is 48.8 Å². The number of ether oxygens (including phenoxy) is 1. The van der Waals surface area contributed by atoms with Crippen LogP contribution in [0.2, 0.25) is 0 Å². The number of hydrogen-bond donors (Lipinski definition) is 1. The van der Waals surface area contributed by atoms with Crippen LogP contribution >= 0.6 is 0 Å². The Morgan fingerprint density at radius 2 is 1.80 bits per heavy atom. The van der Waals surface area contributed by atoms with Crippen LogP contribution in [0.15, 0.2) is 48.8 Å². The Morgan fingerprint density at radius 1 is 1.04 bits per heavy atom. The summed E-state index contributed by atoms with van der Waals surface area (Å²) < 4.78 is 5.42. The van der Waals surface area contributed by atoms with Crippen molar-refractivity contribution in [2.75, 3.05) is 39.4 Å². The standard InChI is InChI=1S/C20H27N3O2/c24-20-6-4-18(5-7-20)16-23(17-19-3-1-8-21-15-19)10-2-9-22-11-13-25-14-12-22/h1,3-8,15,24H,2,9-14,16-17H2. The largest absolute Gasteiger partial charge is 0.508 e. The van der Waals surface area contributed by atoms with Gasteiger partial charge in [-0.25, -0.2) is 0 Å². The number of rotatable bonds is 8. The molecule has 134 valence electrons. The van der Waals surface area contributed by atoms with E-state index in [1.54, 1.807) is 12.1 Å². The zero-order chi connectivity index (χ0) is 17.3. The second-order valence-electron chi connectivity index (χ2n) is 6.55. The molecule has 1 N–H and O–H groups in total. The van der Waals surface area contributed by atoms with Crippen LogP contribution in [0.5, 0.6) is 5.75 Å². The van der Waals surface area contributed by atoms with Crippen LogP contribution in [0.25, 0.3) is 0 Å². The van der Waals surface area contributed by atoms with E-state index < -0.39 is 0 Å². The van der Waals surface area contributed by atoms with E-state index in [-0.39, 0.29) is 0 Å². The summed E-state index contributed by atoms with van der Waals surface area (Å²) >= 11 is 0. The predicted octanol–water partition coefficient (Wildman–Crippen LogP) is 2.51. The highest BCUT2D eigenvalue weighted by atomic mass is 16.5. The molecule has 0 radical (unpaired) electrons. The van der Waals surface area contributed by atoms with Gasteiger partial charge in [0.25, 0.3) is 0 Å². The molecule has 0 unspecified atom stereocenters. The minimum atomic E-state index is 0.315. The van der Waals surface area contributed by atoms with E-state index in [4.69, 9.17) is 4.74 Å². The van der Waals surface area contributed by atoms with E-state index in [9.17, 15) is 5.11 Å². The first-order chi connectivity index (χ1) is 12.3. The van der Waals surface area contributed by atoms with E-state index in [1.807, 2.05) is 30.6 Å². The second kappa shape index (κ2) is 9.51. The molecule has 0 bridgehead atoms. The molecule has 5 nitrogen and oxygen atoms in total. The monoisotopic (exact) mass is 341 g/mol. The van der Waals surface area contributed by atoms with E-state index in [0.717, 1.165) is 58.9 Å². The first kappa shape index (κ1) is 17.9. The van der Waals surface area contributed by atoms with Crippen LogP contribution in [0.3, 0.4) is 0 Å². The average molecular weight is 341 g/mol. The Bertz CT molecular complexity index is 613. The van der Waals surface area contributed by atoms with E-state index in [2.05, 4.69) is 20.9 Å². The molecular formula is C20H27N3O2. The van der Waals surface area contributed by atoms with Gasteiger partial charge in [0.2, 0.25) is 0 Å². The molecule has 25 heavy (non-hydrogen) atoms. The summed E-state index contributed by atoms with van der Waals surface area (Å²) in [7, 11) is 0. The Labute approximate surface area is 149 Å². The Kier molecular flexibility index (Phi) is 6.79. The van der Waals surface area contributed by atoms with Gasteiger partial charge in [-0.15, -0.1) is 0 Å². The summed E-state index contributed by atoms with van der Waals surface area (Å²) in [6.45, 7) is 7.70. The molecule has 1 fully saturated rings. The van der Waals surface area contributed by atoms with Gasteiger partial charge in [0.05, 0.1) is 13.2 Å². The van der Waals surface area contributed by atoms with E-state index in [0.29, 0.717) is 5.75 Å². The first-order valence-electron chi connectivity index (χ1n) is 8.99. The summed E-state index contributed by atoms with van der Waals surface area (Å²) in [5, 5.41) is 9.47. The van der Waals surface area contributed by atoms with Gasteiger partial charge in [0.1, 0.15) is 5.75 Å². The summed E-state index contributed by atoms with van der Waals surface area (Å²) in [5.41, 5.74) is 2.45. The maximum absolute atomic E-state index is 9.47. The van der Waals surface area contributed by atoms with Gasteiger partial charge >= 0.3 is 0 Å². The van der Waals surface area contributed by atoms with Crippen LogP contribution in [0.1, 0.15) is 17.5 Å². The van der Waals surface area contributed by atoms with Crippen LogP contribution in [0, 0.1) is 0 Å². The van der Waals surface area contributed by atoms with Crippen molar-refractivity contribution in [2.24, 2.45) is 0 Å². The van der Waals surface area contributed by atoms with Crippen molar-refractivity contribution in [3.8, 4) is 5.75 Å². The number of aromatic nitrogens is 1. The molecule has 0 amide bonds. The van der Waals surface area contributed by atoms with Gasteiger partial charge in [-0.2, -0.15) is 0 Å². The maximum Gasteiger partial charge on any atom is 0.115 e. The number of phenols is 1. The zero-order valence-electron chi connectivity index (χ0n) is 14.7. The lowest BCUT2D eigenvalue weighted by Crippen LogP contribution is -2.38. The van der Waals surface area contributed by atoms with Crippen LogP contribution in [0.4, 0.5) is 0 Å². The molecule has 1 aromatic carbocycles. The van der Waals surface area contributed by atoms with Crippen molar-refractivity contribution in [2.45, 2.75) is 19.5 Å². The lowest BCUT2D eigenvalue weighted by Gasteiger charge is -2.28. The Hall–Kier alpha value is -1.95. The average Bonchev–Trinajstić information content (AvgIpc) is 2.65. The van der Waals surface area contributed by atoms with E-state index in [1.165, 1.54) is 11.1 Å². The van der Waals surface area contributed by atoms with Crippen LogP contribution < -0.4 is 0 Å². The molecule has 0 spiro atoms. The SMILES string of the molecule is Oc1ccc(CN(CCCN2CCOCC2)Cc2cccnc2)cc1. The number of phenolic OH excluding ortho intramolecular Hbond substituents is 1. The fourth-order valence-corrected chi connectivity index (χ4v) is 3.17. The molecule has 5 heteroatoms.